The molecule has 0 radical (unpaired) electrons. The van der Waals surface area contributed by atoms with Gasteiger partial charge in [0.25, 0.3) is 5.91 Å². The monoisotopic (exact) mass is 282 g/mol. The van der Waals surface area contributed by atoms with Crippen LogP contribution in [0.1, 0.15) is 21.6 Å². The highest BCUT2D eigenvalue weighted by atomic mass is 19.1. The predicted octanol–water partition coefficient (Wildman–Crippen LogP) is 3.55. The zero-order chi connectivity index (χ0) is 14.8. The van der Waals surface area contributed by atoms with Crippen molar-refractivity contribution >= 4 is 16.8 Å². The minimum absolute atomic E-state index is 0.167. The van der Waals surface area contributed by atoms with Gasteiger partial charge in [0.1, 0.15) is 11.5 Å². The molecule has 21 heavy (non-hydrogen) atoms. The molecule has 1 aromatic heterocycles. The zero-order valence-electron chi connectivity index (χ0n) is 11.6. The first-order valence-corrected chi connectivity index (χ1v) is 6.74. The molecule has 0 aliphatic rings. The lowest BCUT2D eigenvalue weighted by Crippen LogP contribution is -2.23. The van der Waals surface area contributed by atoms with Crippen LogP contribution in [-0.2, 0) is 6.54 Å². The molecule has 2 N–H and O–H groups in total. The lowest BCUT2D eigenvalue weighted by molar-refractivity contribution is 0.0946. The van der Waals surface area contributed by atoms with Crippen LogP contribution in [0.4, 0.5) is 4.39 Å². The van der Waals surface area contributed by atoms with Gasteiger partial charge in [-0.15, -0.1) is 0 Å². The van der Waals surface area contributed by atoms with E-state index in [4.69, 9.17) is 0 Å². The molecular formula is C17H15FN2O. The lowest BCUT2D eigenvalue weighted by atomic mass is 10.2. The minimum Gasteiger partial charge on any atom is -0.351 e. The van der Waals surface area contributed by atoms with E-state index in [2.05, 4.69) is 10.3 Å². The summed E-state index contributed by atoms with van der Waals surface area (Å²) in [6, 6.07) is 14.2. The minimum atomic E-state index is -0.315. The van der Waals surface area contributed by atoms with Crippen molar-refractivity contribution in [2.24, 2.45) is 0 Å². The number of hydrogen-bond acceptors (Lipinski definition) is 1. The maximum atomic E-state index is 13.5. The third kappa shape index (κ3) is 2.79. The van der Waals surface area contributed by atoms with E-state index >= 15 is 0 Å². The number of nitrogens with one attached hydrogen (secondary N) is 2. The van der Waals surface area contributed by atoms with Gasteiger partial charge in [0, 0.05) is 23.0 Å². The molecule has 0 saturated heterocycles. The molecule has 0 atom stereocenters. The average Bonchev–Trinajstić information content (AvgIpc) is 2.89. The molecule has 4 heteroatoms. The molecule has 1 heterocycles. The zero-order valence-corrected chi connectivity index (χ0v) is 11.6. The Balaban J connectivity index is 1.76. The second-order valence-corrected chi connectivity index (χ2v) is 5.05. The maximum absolute atomic E-state index is 13.5. The number of aryl methyl sites for hydroxylation is 1. The summed E-state index contributed by atoms with van der Waals surface area (Å²) < 4.78 is 13.5. The summed E-state index contributed by atoms with van der Waals surface area (Å²) in [7, 11) is 0. The van der Waals surface area contributed by atoms with Crippen LogP contribution in [0.5, 0.6) is 0 Å². The Morgan fingerprint density at radius 2 is 2.00 bits per heavy atom. The highest BCUT2D eigenvalue weighted by Crippen LogP contribution is 2.17. The molecule has 0 aliphatic heterocycles. The van der Waals surface area contributed by atoms with Crippen LogP contribution in [0.2, 0.25) is 0 Å². The van der Waals surface area contributed by atoms with E-state index in [9.17, 15) is 9.18 Å². The summed E-state index contributed by atoms with van der Waals surface area (Å²) >= 11 is 0. The number of amides is 1. The van der Waals surface area contributed by atoms with Gasteiger partial charge < -0.3 is 10.3 Å². The summed E-state index contributed by atoms with van der Waals surface area (Å²) in [4.78, 5) is 15.2. The predicted molar refractivity (Wildman–Crippen MR) is 80.6 cm³/mol. The fraction of sp³-hybridized carbons (Fsp3) is 0.118. The summed E-state index contributed by atoms with van der Waals surface area (Å²) in [5, 5.41) is 3.71. The highest BCUT2D eigenvalue weighted by molar-refractivity contribution is 5.98. The van der Waals surface area contributed by atoms with Crippen LogP contribution in [0, 0.1) is 12.7 Å². The molecule has 3 aromatic rings. The lowest BCUT2D eigenvalue weighted by Gasteiger charge is -2.04. The topological polar surface area (TPSA) is 44.9 Å². The Morgan fingerprint density at radius 1 is 1.19 bits per heavy atom. The van der Waals surface area contributed by atoms with Gasteiger partial charge in [0.2, 0.25) is 0 Å². The average molecular weight is 282 g/mol. The maximum Gasteiger partial charge on any atom is 0.267 e. The van der Waals surface area contributed by atoms with E-state index in [-0.39, 0.29) is 18.3 Å². The van der Waals surface area contributed by atoms with Gasteiger partial charge in [0.05, 0.1) is 0 Å². The first kappa shape index (κ1) is 13.4. The van der Waals surface area contributed by atoms with Gasteiger partial charge in [-0.05, 0) is 31.2 Å². The van der Waals surface area contributed by atoms with E-state index < -0.39 is 0 Å². The Kier molecular flexibility index (Phi) is 3.44. The van der Waals surface area contributed by atoms with Crippen LogP contribution in [0.15, 0.2) is 48.5 Å². The number of fused-ring (bicyclic) bond motifs is 1. The molecule has 0 bridgehead atoms. The quantitative estimate of drug-likeness (QED) is 0.758. The summed E-state index contributed by atoms with van der Waals surface area (Å²) in [5.41, 5.74) is 3.00. The number of halogens is 1. The second-order valence-electron chi connectivity index (χ2n) is 5.05. The number of benzene rings is 2. The van der Waals surface area contributed by atoms with Crippen LogP contribution < -0.4 is 5.32 Å². The Bertz CT molecular complexity index is 807. The SMILES string of the molecule is Cc1ccc2[nH]c(C(=O)NCc3ccccc3F)cc2c1. The van der Waals surface area contributed by atoms with Crippen molar-refractivity contribution < 1.29 is 9.18 Å². The molecule has 0 saturated carbocycles. The standard InChI is InChI=1S/C17H15FN2O/c1-11-6-7-15-13(8-11)9-16(20-15)17(21)19-10-12-4-2-3-5-14(12)18/h2-9,20H,10H2,1H3,(H,19,21). The normalized spacial score (nSPS) is 10.8. The van der Waals surface area contributed by atoms with Crippen molar-refractivity contribution in [3.05, 3.63) is 71.2 Å². The molecule has 3 rings (SSSR count). The van der Waals surface area contributed by atoms with Crippen LogP contribution in [0.25, 0.3) is 10.9 Å². The first-order chi connectivity index (χ1) is 10.1. The highest BCUT2D eigenvalue weighted by Gasteiger charge is 2.10. The van der Waals surface area contributed by atoms with E-state index in [1.807, 2.05) is 25.1 Å². The molecule has 0 spiro atoms. The van der Waals surface area contributed by atoms with E-state index in [1.54, 1.807) is 24.3 Å². The Hall–Kier alpha value is -2.62. The molecule has 0 aliphatic carbocycles. The molecule has 106 valence electrons. The van der Waals surface area contributed by atoms with Gasteiger partial charge in [-0.2, -0.15) is 0 Å². The third-order valence-corrected chi connectivity index (χ3v) is 3.42. The van der Waals surface area contributed by atoms with Gasteiger partial charge in [-0.3, -0.25) is 4.79 Å². The van der Waals surface area contributed by atoms with Crippen LogP contribution in [0.3, 0.4) is 0 Å². The smallest absolute Gasteiger partial charge is 0.267 e. The van der Waals surface area contributed by atoms with Gasteiger partial charge >= 0.3 is 0 Å². The van der Waals surface area contributed by atoms with Crippen molar-refractivity contribution in [1.29, 1.82) is 0 Å². The van der Waals surface area contributed by atoms with E-state index in [0.717, 1.165) is 16.5 Å². The molecule has 1 amide bonds. The van der Waals surface area contributed by atoms with Crippen molar-refractivity contribution in [3.8, 4) is 0 Å². The van der Waals surface area contributed by atoms with Crippen molar-refractivity contribution in [1.82, 2.24) is 10.3 Å². The fourth-order valence-electron chi connectivity index (χ4n) is 2.29. The molecular weight excluding hydrogens is 267 g/mol. The third-order valence-electron chi connectivity index (χ3n) is 3.42. The number of aromatic amines is 1. The molecule has 2 aromatic carbocycles. The van der Waals surface area contributed by atoms with E-state index in [1.165, 1.54) is 6.07 Å². The van der Waals surface area contributed by atoms with Crippen molar-refractivity contribution in [2.75, 3.05) is 0 Å². The number of aromatic nitrogens is 1. The van der Waals surface area contributed by atoms with Crippen molar-refractivity contribution in [2.45, 2.75) is 13.5 Å². The van der Waals surface area contributed by atoms with Gasteiger partial charge in [0.15, 0.2) is 0 Å². The summed E-state index contributed by atoms with van der Waals surface area (Å²) in [5.74, 6) is -0.558. The number of rotatable bonds is 3. The fourth-order valence-corrected chi connectivity index (χ4v) is 2.29. The number of carbonyl (C=O) groups excluding carboxylic acids is 1. The first-order valence-electron chi connectivity index (χ1n) is 6.74. The van der Waals surface area contributed by atoms with Crippen LogP contribution in [-0.4, -0.2) is 10.9 Å². The molecule has 0 unspecified atom stereocenters. The molecule has 3 nitrogen and oxygen atoms in total. The second kappa shape index (κ2) is 5.40. The van der Waals surface area contributed by atoms with Crippen LogP contribution >= 0.6 is 0 Å². The van der Waals surface area contributed by atoms with Gasteiger partial charge in [-0.1, -0.05) is 29.8 Å². The van der Waals surface area contributed by atoms with E-state index in [0.29, 0.717) is 11.3 Å². The van der Waals surface area contributed by atoms with Gasteiger partial charge in [-0.25, -0.2) is 4.39 Å². The molecule has 0 fully saturated rings. The summed E-state index contributed by atoms with van der Waals surface area (Å²) in [6.45, 7) is 2.17. The largest absolute Gasteiger partial charge is 0.351 e. The number of H-pyrrole nitrogens is 1. The Morgan fingerprint density at radius 3 is 2.81 bits per heavy atom. The number of hydrogen-bond donors (Lipinski definition) is 2. The van der Waals surface area contributed by atoms with Crippen molar-refractivity contribution in [3.63, 3.8) is 0 Å². The number of carbonyl (C=O) groups is 1. The summed E-state index contributed by atoms with van der Waals surface area (Å²) in [6.07, 6.45) is 0. The Labute approximate surface area is 121 Å².